The highest BCUT2D eigenvalue weighted by Crippen LogP contribution is 2.39. The van der Waals surface area contributed by atoms with Gasteiger partial charge in [0, 0.05) is 42.4 Å². The number of aryl methyl sites for hydroxylation is 1. The van der Waals surface area contributed by atoms with Crippen molar-refractivity contribution in [2.24, 2.45) is 5.92 Å². The van der Waals surface area contributed by atoms with E-state index in [1.807, 2.05) is 11.8 Å². The Kier molecular flexibility index (Phi) is 4.91. The monoisotopic (exact) mass is 385 g/mol. The first-order valence-corrected chi connectivity index (χ1v) is 10.1. The Morgan fingerprint density at radius 2 is 2.14 bits per heavy atom. The molecule has 0 spiro atoms. The number of aromatic hydroxyl groups is 1. The number of rotatable bonds is 3. The molecule has 1 amide bonds. The van der Waals surface area contributed by atoms with E-state index in [1.54, 1.807) is 12.1 Å². The molecular weight excluding hydrogens is 358 g/mol. The number of hydrogen-bond donors (Lipinski definition) is 2. The molecule has 2 aliphatic rings. The highest BCUT2D eigenvalue weighted by molar-refractivity contribution is 5.82. The van der Waals surface area contributed by atoms with E-state index < -0.39 is 11.2 Å². The highest BCUT2D eigenvalue weighted by atomic mass is 16.4. The van der Waals surface area contributed by atoms with Gasteiger partial charge in [-0.2, -0.15) is 0 Å². The molecule has 1 aliphatic carbocycles. The number of phenolic OH excluding ortho intramolecular Hbond substituents is 1. The quantitative estimate of drug-likeness (QED) is 0.793. The largest absolute Gasteiger partial charge is 0.508 e. The minimum Gasteiger partial charge on any atom is -0.508 e. The number of carbonyl (C=O) groups excluding carboxylic acids is 1. The molecule has 4 rings (SSSR count). The van der Waals surface area contributed by atoms with Crippen molar-refractivity contribution in [2.45, 2.75) is 57.5 Å². The molecule has 1 saturated carbocycles. The predicted molar refractivity (Wildman–Crippen MR) is 105 cm³/mol. The molecule has 1 aromatic carbocycles. The smallest absolute Gasteiger partial charge is 0.339 e. The topological polar surface area (TPSA) is 91.0 Å². The lowest BCUT2D eigenvalue weighted by molar-refractivity contribution is -0.143. The second-order valence-electron chi connectivity index (χ2n) is 8.31. The van der Waals surface area contributed by atoms with Gasteiger partial charge < -0.3 is 19.5 Å². The summed E-state index contributed by atoms with van der Waals surface area (Å²) in [7, 11) is 0. The van der Waals surface area contributed by atoms with Gasteiger partial charge in [0.1, 0.15) is 11.3 Å². The molecule has 0 radical (unpaired) electrons. The Hall–Kier alpha value is -2.34. The van der Waals surface area contributed by atoms with Crippen LogP contribution in [0.25, 0.3) is 11.0 Å². The van der Waals surface area contributed by atoms with E-state index in [2.05, 4.69) is 0 Å². The molecule has 6 nitrogen and oxygen atoms in total. The zero-order valence-electron chi connectivity index (χ0n) is 16.2. The molecule has 6 heteroatoms. The van der Waals surface area contributed by atoms with E-state index in [9.17, 15) is 19.8 Å². The summed E-state index contributed by atoms with van der Waals surface area (Å²) in [6.45, 7) is 3.04. The van der Waals surface area contributed by atoms with E-state index >= 15 is 0 Å². The van der Waals surface area contributed by atoms with Gasteiger partial charge >= 0.3 is 5.63 Å². The Balaban J connectivity index is 1.47. The Labute approximate surface area is 163 Å². The second kappa shape index (κ2) is 7.24. The van der Waals surface area contributed by atoms with Gasteiger partial charge in [0.2, 0.25) is 5.91 Å². The fraction of sp³-hybridized carbons (Fsp3) is 0.545. The molecule has 0 bridgehead atoms. The van der Waals surface area contributed by atoms with Crippen molar-refractivity contribution >= 4 is 16.9 Å². The fourth-order valence-electron chi connectivity index (χ4n) is 4.86. The first-order valence-electron chi connectivity index (χ1n) is 10.1. The molecule has 2 fully saturated rings. The molecule has 1 aliphatic heterocycles. The summed E-state index contributed by atoms with van der Waals surface area (Å²) in [6, 6.07) is 4.71. The maximum Gasteiger partial charge on any atom is 0.339 e. The summed E-state index contributed by atoms with van der Waals surface area (Å²) in [5, 5.41) is 21.1. The van der Waals surface area contributed by atoms with Crippen LogP contribution in [0.2, 0.25) is 0 Å². The van der Waals surface area contributed by atoms with Crippen LogP contribution in [0.5, 0.6) is 5.75 Å². The fourth-order valence-corrected chi connectivity index (χ4v) is 4.86. The van der Waals surface area contributed by atoms with E-state index in [0.29, 0.717) is 37.1 Å². The van der Waals surface area contributed by atoms with Crippen LogP contribution >= 0.6 is 0 Å². The van der Waals surface area contributed by atoms with Crippen LogP contribution in [0.4, 0.5) is 0 Å². The van der Waals surface area contributed by atoms with Crippen molar-refractivity contribution in [3.8, 4) is 5.75 Å². The molecule has 2 aromatic rings. The van der Waals surface area contributed by atoms with Crippen LogP contribution in [-0.2, 0) is 11.2 Å². The molecule has 1 saturated heterocycles. The molecule has 28 heavy (non-hydrogen) atoms. The lowest BCUT2D eigenvalue weighted by Gasteiger charge is -2.47. The van der Waals surface area contributed by atoms with E-state index in [1.165, 1.54) is 6.07 Å². The second-order valence-corrected chi connectivity index (χ2v) is 8.31. The van der Waals surface area contributed by atoms with E-state index in [-0.39, 0.29) is 24.0 Å². The van der Waals surface area contributed by atoms with E-state index in [0.717, 1.165) is 36.6 Å². The van der Waals surface area contributed by atoms with Gasteiger partial charge in [0.25, 0.3) is 0 Å². The zero-order chi connectivity index (χ0) is 19.9. The molecule has 150 valence electrons. The summed E-state index contributed by atoms with van der Waals surface area (Å²) in [6.07, 6.45) is 5.21. The number of carbonyl (C=O) groups is 1. The molecule has 2 atom stereocenters. The number of nitrogens with zero attached hydrogens (tertiary/aromatic N) is 1. The maximum atomic E-state index is 12.8. The Morgan fingerprint density at radius 3 is 2.96 bits per heavy atom. The van der Waals surface area contributed by atoms with Crippen LogP contribution in [-0.4, -0.2) is 39.7 Å². The average molecular weight is 385 g/mol. The molecule has 1 aromatic heterocycles. The van der Waals surface area contributed by atoms with Crippen molar-refractivity contribution in [3.05, 3.63) is 39.7 Å². The van der Waals surface area contributed by atoms with Gasteiger partial charge in [-0.05, 0) is 50.3 Å². The van der Waals surface area contributed by atoms with Crippen LogP contribution < -0.4 is 5.63 Å². The molecular formula is C22H27NO5. The number of aliphatic hydroxyl groups is 1. The van der Waals surface area contributed by atoms with Crippen molar-refractivity contribution in [1.82, 2.24) is 4.90 Å². The normalized spacial score (nSPS) is 24.9. The zero-order valence-corrected chi connectivity index (χ0v) is 16.2. The third-order valence-electron chi connectivity index (χ3n) is 6.64. The minimum atomic E-state index is -0.601. The van der Waals surface area contributed by atoms with Gasteiger partial charge in [-0.25, -0.2) is 4.79 Å². The highest BCUT2D eigenvalue weighted by Gasteiger charge is 2.43. The number of piperidine rings is 1. The number of phenols is 1. The first kappa shape index (κ1) is 19.0. The molecule has 2 heterocycles. The van der Waals surface area contributed by atoms with Crippen molar-refractivity contribution in [2.75, 3.05) is 13.1 Å². The third-order valence-corrected chi connectivity index (χ3v) is 6.64. The first-order chi connectivity index (χ1) is 13.4. The predicted octanol–water partition coefficient (Wildman–Crippen LogP) is 2.89. The number of likely N-dealkylation sites (tertiary alicyclic amines) is 1. The minimum absolute atomic E-state index is 0.0252. The van der Waals surface area contributed by atoms with Gasteiger partial charge in [0.05, 0.1) is 5.60 Å². The number of amides is 1. The SMILES string of the molecule is Cc1c(CCC(=O)N2CC[C@]3(O)CCCC[C@H]3C2)c(=O)oc2cc(O)ccc12. The summed E-state index contributed by atoms with van der Waals surface area (Å²) < 4.78 is 5.34. The van der Waals surface area contributed by atoms with Gasteiger partial charge in [-0.15, -0.1) is 0 Å². The van der Waals surface area contributed by atoms with Crippen LogP contribution in [0.15, 0.2) is 27.4 Å². The Morgan fingerprint density at radius 1 is 1.32 bits per heavy atom. The van der Waals surface area contributed by atoms with Gasteiger partial charge in [-0.1, -0.05) is 12.8 Å². The van der Waals surface area contributed by atoms with Crippen LogP contribution in [0, 0.1) is 12.8 Å². The van der Waals surface area contributed by atoms with Gasteiger partial charge in [0.15, 0.2) is 0 Å². The standard InChI is InChI=1S/C22H27NO5/c1-14-17-6-5-16(24)12-19(17)28-21(26)18(14)7-8-20(25)23-11-10-22(27)9-3-2-4-15(22)13-23/h5-6,12,15,24,27H,2-4,7-11,13H2,1H3/t15-,22+/m0/s1. The maximum absolute atomic E-state index is 12.8. The lowest BCUT2D eigenvalue weighted by atomic mass is 9.71. The summed E-state index contributed by atoms with van der Waals surface area (Å²) in [4.78, 5) is 27.0. The van der Waals surface area contributed by atoms with Crippen molar-refractivity contribution in [3.63, 3.8) is 0 Å². The third kappa shape index (κ3) is 3.41. The Bertz CT molecular complexity index is 965. The molecule has 0 unspecified atom stereocenters. The summed E-state index contributed by atoms with van der Waals surface area (Å²) >= 11 is 0. The number of hydrogen-bond acceptors (Lipinski definition) is 5. The van der Waals surface area contributed by atoms with E-state index in [4.69, 9.17) is 4.42 Å². The van der Waals surface area contributed by atoms with Crippen molar-refractivity contribution in [1.29, 1.82) is 0 Å². The summed E-state index contributed by atoms with van der Waals surface area (Å²) in [5.41, 5.74) is 0.599. The van der Waals surface area contributed by atoms with Crippen LogP contribution in [0.1, 0.15) is 49.7 Å². The average Bonchev–Trinajstić information content (AvgIpc) is 2.66. The number of fused-ring (bicyclic) bond motifs is 2. The number of benzene rings is 1. The summed E-state index contributed by atoms with van der Waals surface area (Å²) in [5.74, 6) is 0.238. The lowest BCUT2D eigenvalue weighted by Crippen LogP contribution is -2.54. The van der Waals surface area contributed by atoms with Crippen LogP contribution in [0.3, 0.4) is 0 Å². The van der Waals surface area contributed by atoms with Crippen molar-refractivity contribution < 1.29 is 19.4 Å². The van der Waals surface area contributed by atoms with Gasteiger partial charge in [-0.3, -0.25) is 4.79 Å². The molecule has 2 N–H and O–H groups in total.